The zero-order chi connectivity index (χ0) is 17.5. The van der Waals surface area contributed by atoms with Gasteiger partial charge in [0, 0.05) is 5.56 Å². The van der Waals surface area contributed by atoms with Crippen LogP contribution in [-0.4, -0.2) is 42.9 Å². The van der Waals surface area contributed by atoms with Gasteiger partial charge in [-0.15, -0.1) is 0 Å². The molecular weight excluding hydrogens is 319 g/mol. The third-order valence-corrected chi connectivity index (χ3v) is 3.93. The number of amides is 1. The Morgan fingerprint density at radius 1 is 1.54 bits per heavy atom. The summed E-state index contributed by atoms with van der Waals surface area (Å²) in [6.07, 6.45) is -0.0388. The summed E-state index contributed by atoms with van der Waals surface area (Å²) < 4.78 is 19.1. The van der Waals surface area contributed by atoms with Crippen LogP contribution in [0.4, 0.5) is 20.8 Å². The maximum absolute atomic E-state index is 13.9. The van der Waals surface area contributed by atoms with Crippen molar-refractivity contribution in [3.63, 3.8) is 0 Å². The van der Waals surface area contributed by atoms with Crippen LogP contribution in [0.2, 0.25) is 0 Å². The highest BCUT2D eigenvalue weighted by atomic mass is 19.1. The van der Waals surface area contributed by atoms with Crippen LogP contribution in [0.1, 0.15) is 32.0 Å². The molecule has 24 heavy (non-hydrogen) atoms. The minimum Gasteiger partial charge on any atom is -0.465 e. The van der Waals surface area contributed by atoms with Crippen molar-refractivity contribution in [2.75, 3.05) is 11.9 Å². The monoisotopic (exact) mass is 336 g/mol. The number of H-pyrrole nitrogens is 1. The number of nitrogens with one attached hydrogen (secondary N) is 2. The quantitative estimate of drug-likeness (QED) is 0.783. The smallest absolute Gasteiger partial charge is 0.408 e. The Balaban J connectivity index is 1.92. The van der Waals surface area contributed by atoms with E-state index in [0.717, 1.165) is 6.20 Å². The van der Waals surface area contributed by atoms with Crippen molar-refractivity contribution in [3.8, 4) is 6.01 Å². The van der Waals surface area contributed by atoms with Crippen molar-refractivity contribution >= 4 is 17.7 Å². The Hall–Kier alpha value is -2.91. The number of anilines is 2. The molecule has 0 aromatic carbocycles. The molecule has 0 saturated heterocycles. The number of halogens is 1. The number of aromatic nitrogens is 4. The topological polar surface area (TPSA) is 116 Å². The molecule has 0 radical (unpaired) electrons. The van der Waals surface area contributed by atoms with Gasteiger partial charge in [0.1, 0.15) is 0 Å². The fourth-order valence-corrected chi connectivity index (χ4v) is 2.68. The van der Waals surface area contributed by atoms with Gasteiger partial charge in [-0.3, -0.25) is 10.00 Å². The first-order valence-corrected chi connectivity index (χ1v) is 7.35. The maximum Gasteiger partial charge on any atom is 0.408 e. The van der Waals surface area contributed by atoms with Crippen molar-refractivity contribution in [2.45, 2.75) is 32.9 Å². The van der Waals surface area contributed by atoms with Crippen molar-refractivity contribution in [3.05, 3.63) is 23.3 Å². The predicted molar refractivity (Wildman–Crippen MR) is 81.6 cm³/mol. The van der Waals surface area contributed by atoms with Crippen LogP contribution in [0.25, 0.3) is 0 Å². The fraction of sp³-hybridized carbons (Fsp3) is 0.429. The Morgan fingerprint density at radius 3 is 2.96 bits per heavy atom. The van der Waals surface area contributed by atoms with E-state index in [1.54, 1.807) is 20.8 Å². The van der Waals surface area contributed by atoms with E-state index in [2.05, 4.69) is 25.5 Å². The number of aromatic amines is 1. The first-order chi connectivity index (χ1) is 11.3. The average Bonchev–Trinajstić information content (AvgIpc) is 3.02. The number of hydrogen-bond acceptors (Lipinski definition) is 6. The minimum absolute atomic E-state index is 0.0427. The summed E-state index contributed by atoms with van der Waals surface area (Å²) in [6.45, 7) is 5.80. The normalized spacial score (nSPS) is 15.2. The molecule has 3 rings (SSSR count). The number of ether oxygens (including phenoxy) is 1. The molecule has 0 atom stereocenters. The van der Waals surface area contributed by atoms with E-state index in [1.807, 2.05) is 0 Å². The lowest BCUT2D eigenvalue weighted by Crippen LogP contribution is -2.39. The minimum atomic E-state index is -1.04. The van der Waals surface area contributed by atoms with Crippen molar-refractivity contribution < 1.29 is 19.0 Å². The van der Waals surface area contributed by atoms with Gasteiger partial charge in [-0.05, 0) is 20.8 Å². The molecule has 3 N–H and O–H groups in total. The fourth-order valence-electron chi connectivity index (χ4n) is 2.68. The molecule has 0 fully saturated rings. The van der Waals surface area contributed by atoms with E-state index in [4.69, 9.17) is 4.74 Å². The number of fused-ring (bicyclic) bond motifs is 1. The number of carbonyl (C=O) groups is 1. The second kappa shape index (κ2) is 5.62. The third-order valence-electron chi connectivity index (χ3n) is 3.93. The summed E-state index contributed by atoms with van der Waals surface area (Å²) in [6, 6.07) is 0.0427. The number of rotatable bonds is 4. The maximum atomic E-state index is 13.9. The Kier molecular flexibility index (Phi) is 3.74. The highest BCUT2D eigenvalue weighted by Gasteiger charge is 2.43. The zero-order valence-electron chi connectivity index (χ0n) is 13.4. The van der Waals surface area contributed by atoms with Gasteiger partial charge in [0.2, 0.25) is 0 Å². The van der Waals surface area contributed by atoms with Crippen LogP contribution in [0.3, 0.4) is 0 Å². The van der Waals surface area contributed by atoms with Crippen LogP contribution >= 0.6 is 0 Å². The second-order valence-electron chi connectivity index (χ2n) is 5.76. The van der Waals surface area contributed by atoms with E-state index < -0.39 is 17.4 Å². The summed E-state index contributed by atoms with van der Waals surface area (Å²) in [4.78, 5) is 20.4. The molecule has 2 aromatic rings. The third kappa shape index (κ3) is 2.49. The van der Waals surface area contributed by atoms with E-state index in [-0.39, 0.29) is 18.4 Å². The molecule has 0 aliphatic carbocycles. The molecule has 3 heterocycles. The first-order valence-electron chi connectivity index (χ1n) is 7.35. The van der Waals surface area contributed by atoms with Gasteiger partial charge in [-0.2, -0.15) is 10.1 Å². The van der Waals surface area contributed by atoms with Gasteiger partial charge in [0.15, 0.2) is 17.5 Å². The summed E-state index contributed by atoms with van der Waals surface area (Å²) in [5, 5.41) is 19.1. The lowest BCUT2D eigenvalue weighted by molar-refractivity contribution is 0.0978. The van der Waals surface area contributed by atoms with E-state index in [1.165, 1.54) is 4.90 Å². The number of nitrogens with zero attached hydrogens (tertiary/aromatic N) is 4. The van der Waals surface area contributed by atoms with Crippen LogP contribution in [0.5, 0.6) is 6.01 Å². The van der Waals surface area contributed by atoms with Gasteiger partial charge in [0.05, 0.1) is 30.6 Å². The highest BCUT2D eigenvalue weighted by Crippen LogP contribution is 2.41. The molecule has 0 unspecified atom stereocenters. The summed E-state index contributed by atoms with van der Waals surface area (Å²) in [7, 11) is 0. The van der Waals surface area contributed by atoms with Gasteiger partial charge in [-0.25, -0.2) is 14.2 Å². The summed E-state index contributed by atoms with van der Waals surface area (Å²) in [5.74, 6) is -0.432. The predicted octanol–water partition coefficient (Wildman–Crippen LogP) is 2.21. The summed E-state index contributed by atoms with van der Waals surface area (Å²) in [5.41, 5.74) is 0.555. The molecule has 0 bridgehead atoms. The Bertz CT molecular complexity index is 791. The molecule has 1 aliphatic rings. The van der Waals surface area contributed by atoms with Gasteiger partial charge < -0.3 is 15.2 Å². The van der Waals surface area contributed by atoms with Crippen molar-refractivity contribution in [2.24, 2.45) is 0 Å². The Labute approximate surface area is 136 Å². The lowest BCUT2D eigenvalue weighted by Gasteiger charge is -2.28. The number of carboxylic acid groups (broad SMARTS) is 1. The van der Waals surface area contributed by atoms with E-state index in [0.29, 0.717) is 23.7 Å². The van der Waals surface area contributed by atoms with Crippen molar-refractivity contribution in [1.82, 2.24) is 25.1 Å². The molecule has 128 valence electrons. The standard InChI is InChI=1S/C14H17FN6O3/c1-4-24-12-16-5-8(15)11(18-12)17-10-7-6-21(13(22)23)14(2,3)9(7)19-20-10/h5H,4,6H2,1-3H3,(H,22,23)(H2,16,17,18,19,20). The summed E-state index contributed by atoms with van der Waals surface area (Å²) >= 11 is 0. The van der Waals surface area contributed by atoms with Gasteiger partial charge in [-0.1, -0.05) is 0 Å². The SMILES string of the molecule is CCOc1ncc(F)c(Nc2n[nH]c3c2CN(C(=O)O)C3(C)C)n1. The Morgan fingerprint density at radius 2 is 2.29 bits per heavy atom. The molecule has 10 heteroatoms. The largest absolute Gasteiger partial charge is 0.465 e. The molecule has 0 saturated carbocycles. The molecular formula is C14H17FN6O3. The molecule has 9 nitrogen and oxygen atoms in total. The van der Waals surface area contributed by atoms with Crippen LogP contribution in [0, 0.1) is 5.82 Å². The van der Waals surface area contributed by atoms with Gasteiger partial charge in [0.25, 0.3) is 0 Å². The number of hydrogen-bond donors (Lipinski definition) is 3. The molecule has 2 aromatic heterocycles. The van der Waals surface area contributed by atoms with Crippen LogP contribution in [-0.2, 0) is 12.1 Å². The second-order valence-corrected chi connectivity index (χ2v) is 5.76. The van der Waals surface area contributed by atoms with E-state index in [9.17, 15) is 14.3 Å². The zero-order valence-corrected chi connectivity index (χ0v) is 13.4. The molecule has 0 spiro atoms. The molecule has 1 amide bonds. The molecule has 1 aliphatic heterocycles. The highest BCUT2D eigenvalue weighted by molar-refractivity contribution is 5.70. The lowest BCUT2D eigenvalue weighted by atomic mass is 10.0. The average molecular weight is 336 g/mol. The van der Waals surface area contributed by atoms with Gasteiger partial charge >= 0.3 is 12.1 Å². The van der Waals surface area contributed by atoms with Crippen molar-refractivity contribution in [1.29, 1.82) is 0 Å². The van der Waals surface area contributed by atoms with Crippen LogP contribution < -0.4 is 10.1 Å². The van der Waals surface area contributed by atoms with E-state index >= 15 is 0 Å². The first kappa shape index (κ1) is 16.0. The van der Waals surface area contributed by atoms with Crippen LogP contribution in [0.15, 0.2) is 6.20 Å².